The lowest BCUT2D eigenvalue weighted by atomic mass is 10.0. The second-order valence-electron chi connectivity index (χ2n) is 4.39. The van der Waals surface area contributed by atoms with Gasteiger partial charge in [0.05, 0.1) is 24.2 Å². The second kappa shape index (κ2) is 5.25. The Labute approximate surface area is 96.4 Å². The molecule has 0 radical (unpaired) electrons. The minimum Gasteiger partial charge on any atom is -0.381 e. The van der Waals surface area contributed by atoms with Gasteiger partial charge in [0.15, 0.2) is 0 Å². The van der Waals surface area contributed by atoms with Crippen LogP contribution in [0.4, 0.5) is 5.82 Å². The Kier molecular flexibility index (Phi) is 3.72. The van der Waals surface area contributed by atoms with Gasteiger partial charge in [0.1, 0.15) is 5.82 Å². The van der Waals surface area contributed by atoms with Gasteiger partial charge in [0.25, 0.3) is 0 Å². The Bertz CT molecular complexity index is 348. The van der Waals surface area contributed by atoms with Crippen LogP contribution in [0.2, 0.25) is 0 Å². The molecule has 0 aromatic carbocycles. The van der Waals surface area contributed by atoms with Gasteiger partial charge in [-0.05, 0) is 32.6 Å². The van der Waals surface area contributed by atoms with Crippen LogP contribution in [0.15, 0.2) is 6.20 Å². The summed E-state index contributed by atoms with van der Waals surface area (Å²) in [5.41, 5.74) is 1.98. The number of anilines is 1. The molecule has 1 aromatic rings. The van der Waals surface area contributed by atoms with Gasteiger partial charge in [-0.2, -0.15) is 0 Å². The van der Waals surface area contributed by atoms with E-state index in [2.05, 4.69) is 15.3 Å². The summed E-state index contributed by atoms with van der Waals surface area (Å²) in [6.07, 6.45) is 4.21. The third-order valence-corrected chi connectivity index (χ3v) is 3.02. The van der Waals surface area contributed by atoms with E-state index in [1.54, 1.807) is 6.20 Å². The van der Waals surface area contributed by atoms with Crippen LogP contribution in [0.1, 0.15) is 24.2 Å². The fourth-order valence-electron chi connectivity index (χ4n) is 1.84. The fourth-order valence-corrected chi connectivity index (χ4v) is 1.84. The molecule has 1 fully saturated rings. The summed E-state index contributed by atoms with van der Waals surface area (Å²) < 4.78 is 5.44. The van der Waals surface area contributed by atoms with E-state index in [1.807, 2.05) is 13.8 Å². The van der Waals surface area contributed by atoms with Crippen molar-refractivity contribution >= 4 is 5.82 Å². The van der Waals surface area contributed by atoms with Crippen LogP contribution in [-0.2, 0) is 4.74 Å². The Hall–Kier alpha value is -1.16. The molecule has 16 heavy (non-hydrogen) atoms. The van der Waals surface area contributed by atoms with Crippen molar-refractivity contribution in [2.24, 2.45) is 5.92 Å². The first-order valence-electron chi connectivity index (χ1n) is 5.87. The van der Waals surface area contributed by atoms with Crippen LogP contribution >= 0.6 is 0 Å². The van der Waals surface area contributed by atoms with Crippen molar-refractivity contribution < 1.29 is 4.74 Å². The molecule has 1 aliphatic rings. The molecule has 1 saturated heterocycles. The maximum atomic E-state index is 5.44. The molecule has 4 heteroatoms. The highest BCUT2D eigenvalue weighted by molar-refractivity contribution is 5.33. The molecule has 1 atom stereocenters. The number of nitrogens with one attached hydrogen (secondary N) is 1. The van der Waals surface area contributed by atoms with Gasteiger partial charge >= 0.3 is 0 Å². The minimum atomic E-state index is 0.608. The first-order valence-corrected chi connectivity index (χ1v) is 5.87. The third kappa shape index (κ3) is 2.92. The average Bonchev–Trinajstić information content (AvgIpc) is 2.32. The molecule has 1 N–H and O–H groups in total. The van der Waals surface area contributed by atoms with Crippen molar-refractivity contribution in [2.45, 2.75) is 26.7 Å². The lowest BCUT2D eigenvalue weighted by Gasteiger charge is -2.22. The first kappa shape index (κ1) is 11.3. The number of hydrogen-bond donors (Lipinski definition) is 1. The molecular formula is C12H19N3O. The summed E-state index contributed by atoms with van der Waals surface area (Å²) in [5.74, 6) is 1.48. The SMILES string of the molecule is Cc1ncc(NCC2CCCOC2)nc1C. The van der Waals surface area contributed by atoms with Crippen LogP contribution in [-0.4, -0.2) is 29.7 Å². The van der Waals surface area contributed by atoms with Crippen molar-refractivity contribution in [2.75, 3.05) is 25.1 Å². The molecule has 0 bridgehead atoms. The number of hydrogen-bond acceptors (Lipinski definition) is 4. The van der Waals surface area contributed by atoms with E-state index in [1.165, 1.54) is 12.8 Å². The molecular weight excluding hydrogens is 202 g/mol. The highest BCUT2D eigenvalue weighted by Crippen LogP contribution is 2.14. The van der Waals surface area contributed by atoms with E-state index in [4.69, 9.17) is 4.74 Å². The molecule has 0 amide bonds. The summed E-state index contributed by atoms with van der Waals surface area (Å²) >= 11 is 0. The zero-order chi connectivity index (χ0) is 11.4. The maximum absolute atomic E-state index is 5.44. The standard InChI is InChI=1S/C12H19N3O/c1-9-10(2)15-12(7-13-9)14-6-11-4-3-5-16-8-11/h7,11H,3-6,8H2,1-2H3,(H,14,15). The van der Waals surface area contributed by atoms with Crippen LogP contribution in [0, 0.1) is 19.8 Å². The molecule has 0 saturated carbocycles. The molecule has 88 valence electrons. The Balaban J connectivity index is 1.86. The van der Waals surface area contributed by atoms with Gasteiger partial charge in [0, 0.05) is 13.2 Å². The van der Waals surface area contributed by atoms with Gasteiger partial charge in [-0.25, -0.2) is 4.98 Å². The minimum absolute atomic E-state index is 0.608. The first-order chi connectivity index (χ1) is 7.75. The van der Waals surface area contributed by atoms with E-state index in [0.29, 0.717) is 5.92 Å². The number of ether oxygens (including phenoxy) is 1. The lowest BCUT2D eigenvalue weighted by molar-refractivity contribution is 0.0595. The number of nitrogens with zero attached hydrogens (tertiary/aromatic N) is 2. The Morgan fingerprint density at radius 3 is 3.00 bits per heavy atom. The van der Waals surface area contributed by atoms with Crippen molar-refractivity contribution in [3.05, 3.63) is 17.6 Å². The fraction of sp³-hybridized carbons (Fsp3) is 0.667. The Morgan fingerprint density at radius 2 is 2.31 bits per heavy atom. The molecule has 0 aliphatic carbocycles. The van der Waals surface area contributed by atoms with Crippen molar-refractivity contribution in [3.63, 3.8) is 0 Å². The monoisotopic (exact) mass is 221 g/mol. The Morgan fingerprint density at radius 1 is 1.44 bits per heavy atom. The number of aryl methyl sites for hydroxylation is 2. The van der Waals surface area contributed by atoms with E-state index < -0.39 is 0 Å². The molecule has 2 rings (SSSR count). The predicted molar refractivity (Wildman–Crippen MR) is 63.5 cm³/mol. The number of aromatic nitrogens is 2. The van der Waals surface area contributed by atoms with E-state index in [-0.39, 0.29) is 0 Å². The topological polar surface area (TPSA) is 47.0 Å². The maximum Gasteiger partial charge on any atom is 0.144 e. The zero-order valence-corrected chi connectivity index (χ0v) is 9.99. The van der Waals surface area contributed by atoms with Crippen LogP contribution in [0.25, 0.3) is 0 Å². The normalized spacial score (nSPS) is 20.8. The molecule has 4 nitrogen and oxygen atoms in total. The molecule has 0 spiro atoms. The number of rotatable bonds is 3. The van der Waals surface area contributed by atoms with Crippen molar-refractivity contribution in [1.29, 1.82) is 0 Å². The van der Waals surface area contributed by atoms with E-state index in [0.717, 1.165) is 37.0 Å². The van der Waals surface area contributed by atoms with Crippen LogP contribution < -0.4 is 5.32 Å². The zero-order valence-electron chi connectivity index (χ0n) is 9.99. The van der Waals surface area contributed by atoms with Crippen molar-refractivity contribution in [3.8, 4) is 0 Å². The van der Waals surface area contributed by atoms with Crippen LogP contribution in [0.3, 0.4) is 0 Å². The molecule has 1 unspecified atom stereocenters. The molecule has 1 aromatic heterocycles. The van der Waals surface area contributed by atoms with E-state index >= 15 is 0 Å². The van der Waals surface area contributed by atoms with Gasteiger partial charge in [0.2, 0.25) is 0 Å². The van der Waals surface area contributed by atoms with Gasteiger partial charge < -0.3 is 10.1 Å². The van der Waals surface area contributed by atoms with E-state index in [9.17, 15) is 0 Å². The smallest absolute Gasteiger partial charge is 0.144 e. The largest absolute Gasteiger partial charge is 0.381 e. The lowest BCUT2D eigenvalue weighted by Crippen LogP contribution is -2.24. The molecule has 1 aliphatic heterocycles. The summed E-state index contributed by atoms with van der Waals surface area (Å²) in [6.45, 7) is 6.67. The quantitative estimate of drug-likeness (QED) is 0.847. The van der Waals surface area contributed by atoms with Crippen LogP contribution in [0.5, 0.6) is 0 Å². The summed E-state index contributed by atoms with van der Waals surface area (Å²) in [6, 6.07) is 0. The van der Waals surface area contributed by atoms with Crippen molar-refractivity contribution in [1.82, 2.24) is 9.97 Å². The summed E-state index contributed by atoms with van der Waals surface area (Å²) in [5, 5.41) is 3.33. The second-order valence-corrected chi connectivity index (χ2v) is 4.39. The molecule has 2 heterocycles. The highest BCUT2D eigenvalue weighted by atomic mass is 16.5. The van der Waals surface area contributed by atoms with Gasteiger partial charge in [-0.3, -0.25) is 4.98 Å². The highest BCUT2D eigenvalue weighted by Gasteiger charge is 2.13. The average molecular weight is 221 g/mol. The van der Waals surface area contributed by atoms with Gasteiger partial charge in [-0.15, -0.1) is 0 Å². The summed E-state index contributed by atoms with van der Waals surface area (Å²) in [7, 11) is 0. The third-order valence-electron chi connectivity index (χ3n) is 3.02. The van der Waals surface area contributed by atoms with Gasteiger partial charge in [-0.1, -0.05) is 0 Å². The predicted octanol–water partition coefficient (Wildman–Crippen LogP) is 1.93. The summed E-state index contributed by atoms with van der Waals surface area (Å²) in [4.78, 5) is 8.73.